The molecule has 72 valence electrons. The zero-order valence-electron chi connectivity index (χ0n) is 7.39. The second-order valence-corrected chi connectivity index (χ2v) is 3.76. The van der Waals surface area contributed by atoms with Crippen LogP contribution in [0.1, 0.15) is 22.3 Å². The summed E-state index contributed by atoms with van der Waals surface area (Å²) >= 11 is 9.19. The summed E-state index contributed by atoms with van der Waals surface area (Å²) in [7, 11) is 0. The van der Waals surface area contributed by atoms with Gasteiger partial charge < -0.3 is 0 Å². The number of carbonyl (C=O) groups excluding carboxylic acids is 1. The molecule has 0 atom stereocenters. The molecule has 1 aromatic carbocycles. The molecule has 1 aromatic rings. The Kier molecular flexibility index (Phi) is 4.72. The predicted molar refractivity (Wildman–Crippen MR) is 62.1 cm³/mol. The smallest absolute Gasteiger partial charge is 0.151 e. The minimum absolute atomic E-state index is 0.525. The zero-order valence-corrected chi connectivity index (χ0v) is 9.73. The van der Waals surface area contributed by atoms with Gasteiger partial charge in [-0.05, 0) is 6.07 Å². The number of rotatable bonds is 2. The zero-order chi connectivity index (χ0) is 10.4. The number of alkyl halides is 1. The van der Waals surface area contributed by atoms with Crippen molar-refractivity contribution in [2.45, 2.75) is 6.42 Å². The maximum Gasteiger partial charge on any atom is 0.151 e. The molecule has 0 spiro atoms. The van der Waals surface area contributed by atoms with E-state index in [-0.39, 0.29) is 0 Å². The van der Waals surface area contributed by atoms with Gasteiger partial charge in [0.2, 0.25) is 0 Å². The lowest BCUT2D eigenvalue weighted by molar-refractivity contribution is 0.112. The Bertz CT molecular complexity index is 390. The van der Waals surface area contributed by atoms with E-state index in [0.29, 0.717) is 16.1 Å². The SMILES string of the molecule is O=Cc1cccc(Cl)c1C#CCCBr. The van der Waals surface area contributed by atoms with E-state index in [4.69, 9.17) is 11.6 Å². The van der Waals surface area contributed by atoms with E-state index in [1.807, 2.05) is 0 Å². The summed E-state index contributed by atoms with van der Waals surface area (Å²) in [5, 5.41) is 1.35. The first-order chi connectivity index (χ1) is 6.79. The highest BCUT2D eigenvalue weighted by molar-refractivity contribution is 9.09. The third-order valence-corrected chi connectivity index (χ3v) is 2.32. The lowest BCUT2D eigenvalue weighted by Crippen LogP contribution is -1.87. The molecule has 0 aromatic heterocycles. The topological polar surface area (TPSA) is 17.1 Å². The van der Waals surface area contributed by atoms with Gasteiger partial charge in [0, 0.05) is 17.3 Å². The van der Waals surface area contributed by atoms with Gasteiger partial charge in [-0.3, -0.25) is 4.79 Å². The van der Waals surface area contributed by atoms with Crippen LogP contribution in [0.5, 0.6) is 0 Å². The van der Waals surface area contributed by atoms with Gasteiger partial charge in [-0.25, -0.2) is 0 Å². The normalized spacial score (nSPS) is 9.00. The summed E-state index contributed by atoms with van der Waals surface area (Å²) in [5.41, 5.74) is 1.16. The quantitative estimate of drug-likeness (QED) is 0.458. The lowest BCUT2D eigenvalue weighted by atomic mass is 10.1. The largest absolute Gasteiger partial charge is 0.298 e. The van der Waals surface area contributed by atoms with Gasteiger partial charge >= 0.3 is 0 Å². The first kappa shape index (κ1) is 11.3. The van der Waals surface area contributed by atoms with E-state index in [0.717, 1.165) is 18.0 Å². The molecule has 0 aliphatic rings. The Morgan fingerprint density at radius 3 is 2.93 bits per heavy atom. The summed E-state index contributed by atoms with van der Waals surface area (Å²) < 4.78 is 0. The van der Waals surface area contributed by atoms with Crippen molar-refractivity contribution in [3.63, 3.8) is 0 Å². The molecule has 0 saturated carbocycles. The Morgan fingerprint density at radius 1 is 1.50 bits per heavy atom. The van der Waals surface area contributed by atoms with Crippen LogP contribution in [0.15, 0.2) is 18.2 Å². The molecule has 3 heteroatoms. The highest BCUT2D eigenvalue weighted by atomic mass is 79.9. The minimum Gasteiger partial charge on any atom is -0.298 e. The summed E-state index contributed by atoms with van der Waals surface area (Å²) in [4.78, 5) is 10.7. The number of halogens is 2. The van der Waals surface area contributed by atoms with Crippen LogP contribution in [0.4, 0.5) is 0 Å². The van der Waals surface area contributed by atoms with Gasteiger partial charge in [0.25, 0.3) is 0 Å². The van der Waals surface area contributed by atoms with Gasteiger partial charge in [0.05, 0.1) is 10.6 Å². The fourth-order valence-corrected chi connectivity index (χ4v) is 1.40. The van der Waals surface area contributed by atoms with E-state index in [2.05, 4.69) is 27.8 Å². The molecule has 0 bridgehead atoms. The van der Waals surface area contributed by atoms with Gasteiger partial charge in [-0.1, -0.05) is 51.5 Å². The molecule has 0 aliphatic carbocycles. The van der Waals surface area contributed by atoms with Crippen molar-refractivity contribution in [1.82, 2.24) is 0 Å². The maximum absolute atomic E-state index is 10.7. The molecule has 0 fully saturated rings. The average Bonchev–Trinajstić information content (AvgIpc) is 2.20. The van der Waals surface area contributed by atoms with Crippen molar-refractivity contribution in [1.29, 1.82) is 0 Å². The highest BCUT2D eigenvalue weighted by Gasteiger charge is 2.02. The number of hydrogen-bond acceptors (Lipinski definition) is 1. The Labute approximate surface area is 96.6 Å². The van der Waals surface area contributed by atoms with Crippen LogP contribution in [0.25, 0.3) is 0 Å². The molecule has 1 nitrogen and oxygen atoms in total. The number of carbonyl (C=O) groups is 1. The molecule has 0 heterocycles. The van der Waals surface area contributed by atoms with E-state index in [1.54, 1.807) is 18.2 Å². The van der Waals surface area contributed by atoms with Crippen LogP contribution >= 0.6 is 27.5 Å². The first-order valence-corrected chi connectivity index (χ1v) is 5.58. The summed E-state index contributed by atoms with van der Waals surface area (Å²) in [6.45, 7) is 0. The van der Waals surface area contributed by atoms with Crippen molar-refractivity contribution < 1.29 is 4.79 Å². The highest BCUT2D eigenvalue weighted by Crippen LogP contribution is 2.17. The minimum atomic E-state index is 0.525. The van der Waals surface area contributed by atoms with Gasteiger partial charge in [0.15, 0.2) is 6.29 Å². The van der Waals surface area contributed by atoms with Gasteiger partial charge in [-0.2, -0.15) is 0 Å². The molecular formula is C11H8BrClO. The van der Waals surface area contributed by atoms with E-state index >= 15 is 0 Å². The van der Waals surface area contributed by atoms with Crippen molar-refractivity contribution >= 4 is 33.8 Å². The van der Waals surface area contributed by atoms with Gasteiger partial charge in [0.1, 0.15) is 0 Å². The molecule has 1 rings (SSSR count). The predicted octanol–water partition coefficient (Wildman–Crippen LogP) is 3.29. The Hall–Kier alpha value is -0.780. The second-order valence-electron chi connectivity index (χ2n) is 2.56. The molecule has 0 radical (unpaired) electrons. The van der Waals surface area contributed by atoms with Crippen LogP contribution in [0.3, 0.4) is 0 Å². The van der Waals surface area contributed by atoms with Crippen LogP contribution in [-0.4, -0.2) is 11.6 Å². The third-order valence-electron chi connectivity index (χ3n) is 1.61. The fourth-order valence-electron chi connectivity index (χ4n) is 0.969. The molecular weight excluding hydrogens is 263 g/mol. The monoisotopic (exact) mass is 270 g/mol. The number of hydrogen-bond donors (Lipinski definition) is 0. The molecule has 0 saturated heterocycles. The van der Waals surface area contributed by atoms with Crippen molar-refractivity contribution in [3.05, 3.63) is 34.3 Å². The molecule has 14 heavy (non-hydrogen) atoms. The first-order valence-electron chi connectivity index (χ1n) is 4.08. The van der Waals surface area contributed by atoms with Crippen LogP contribution in [-0.2, 0) is 0 Å². The summed E-state index contributed by atoms with van der Waals surface area (Å²) in [6.07, 6.45) is 1.51. The summed E-state index contributed by atoms with van der Waals surface area (Å²) in [5.74, 6) is 5.82. The van der Waals surface area contributed by atoms with E-state index in [1.165, 1.54) is 0 Å². The fraction of sp³-hybridized carbons (Fsp3) is 0.182. The standard InChI is InChI=1S/C11H8BrClO/c12-7-2-1-5-10-9(8-14)4-3-6-11(10)13/h3-4,6,8H,2,7H2. The number of aldehydes is 1. The van der Waals surface area contributed by atoms with Crippen LogP contribution in [0.2, 0.25) is 5.02 Å². The average molecular weight is 272 g/mol. The van der Waals surface area contributed by atoms with E-state index in [9.17, 15) is 4.79 Å². The van der Waals surface area contributed by atoms with Crippen molar-refractivity contribution in [2.75, 3.05) is 5.33 Å². The lowest BCUT2D eigenvalue weighted by Gasteiger charge is -1.98. The second kappa shape index (κ2) is 5.85. The van der Waals surface area contributed by atoms with E-state index < -0.39 is 0 Å². The van der Waals surface area contributed by atoms with Crippen molar-refractivity contribution in [2.24, 2.45) is 0 Å². The maximum atomic E-state index is 10.7. The molecule has 0 amide bonds. The Balaban J connectivity index is 3.06. The third kappa shape index (κ3) is 2.87. The molecule has 0 N–H and O–H groups in total. The molecule has 0 aliphatic heterocycles. The van der Waals surface area contributed by atoms with Crippen LogP contribution < -0.4 is 0 Å². The Morgan fingerprint density at radius 2 is 2.29 bits per heavy atom. The number of benzene rings is 1. The summed E-state index contributed by atoms with van der Waals surface area (Å²) in [6, 6.07) is 5.17. The van der Waals surface area contributed by atoms with Gasteiger partial charge in [-0.15, -0.1) is 0 Å². The van der Waals surface area contributed by atoms with Crippen molar-refractivity contribution in [3.8, 4) is 11.8 Å². The molecule has 0 unspecified atom stereocenters. The van der Waals surface area contributed by atoms with Crippen LogP contribution in [0, 0.1) is 11.8 Å².